The predicted molar refractivity (Wildman–Crippen MR) is 123 cm³/mol. The molecule has 0 aliphatic rings. The molecule has 162 valence electrons. The highest BCUT2D eigenvalue weighted by molar-refractivity contribution is 7.99. The summed E-state index contributed by atoms with van der Waals surface area (Å²) in [6.07, 6.45) is 0. The number of hydrogen-bond acceptors (Lipinski definition) is 6. The zero-order chi connectivity index (χ0) is 22.7. The molecule has 0 saturated heterocycles. The molecule has 2 aromatic carbocycles. The van der Waals surface area contributed by atoms with E-state index in [-0.39, 0.29) is 17.4 Å². The third-order valence-electron chi connectivity index (χ3n) is 5.00. The summed E-state index contributed by atoms with van der Waals surface area (Å²) in [5.74, 6) is -0.136. The molecule has 0 saturated carbocycles. The number of nitrogens with one attached hydrogen (secondary N) is 1. The highest BCUT2D eigenvalue weighted by atomic mass is 32.2. The summed E-state index contributed by atoms with van der Waals surface area (Å²) in [7, 11) is 0. The van der Waals surface area contributed by atoms with Crippen molar-refractivity contribution in [2.45, 2.75) is 25.9 Å². The van der Waals surface area contributed by atoms with Gasteiger partial charge in [-0.1, -0.05) is 42.1 Å². The molecule has 1 N–H and O–H groups in total. The number of carbonyl (C=O) groups is 2. The van der Waals surface area contributed by atoms with Crippen LogP contribution in [-0.4, -0.2) is 42.3 Å². The first-order valence-electron chi connectivity index (χ1n) is 10.0. The van der Waals surface area contributed by atoms with Gasteiger partial charge < -0.3 is 0 Å². The van der Waals surface area contributed by atoms with Crippen LogP contribution in [0.3, 0.4) is 0 Å². The van der Waals surface area contributed by atoms with Crippen molar-refractivity contribution < 1.29 is 9.59 Å². The summed E-state index contributed by atoms with van der Waals surface area (Å²) in [4.78, 5) is 25.5. The van der Waals surface area contributed by atoms with Crippen molar-refractivity contribution in [1.82, 2.24) is 24.9 Å². The molecule has 0 unspecified atom stereocenters. The molecule has 1 amide bonds. The van der Waals surface area contributed by atoms with Gasteiger partial charge in [-0.05, 0) is 67.1 Å². The van der Waals surface area contributed by atoms with Gasteiger partial charge in [0.15, 0.2) is 5.78 Å². The number of rotatable bonds is 7. The van der Waals surface area contributed by atoms with Crippen molar-refractivity contribution in [2.24, 2.45) is 0 Å². The van der Waals surface area contributed by atoms with Gasteiger partial charge in [-0.25, -0.2) is 0 Å². The summed E-state index contributed by atoms with van der Waals surface area (Å²) in [6.45, 7) is 5.66. The topological polar surface area (TPSA) is 94.7 Å². The number of ketones is 1. The molecule has 0 aliphatic carbocycles. The molecule has 32 heavy (non-hydrogen) atoms. The molecule has 2 aromatic heterocycles. The maximum atomic E-state index is 13.0. The van der Waals surface area contributed by atoms with Crippen LogP contribution in [0.25, 0.3) is 5.69 Å². The fraction of sp³-hybridized carbons (Fsp3) is 0.174. The molecule has 8 nitrogen and oxygen atoms in total. The molecule has 0 aliphatic heterocycles. The normalized spacial score (nSPS) is 10.8. The summed E-state index contributed by atoms with van der Waals surface area (Å²) < 4.78 is 3.26. The maximum Gasteiger partial charge on any atom is 0.270 e. The predicted octanol–water partition coefficient (Wildman–Crippen LogP) is 3.75. The summed E-state index contributed by atoms with van der Waals surface area (Å²) >= 11 is 1.27. The van der Waals surface area contributed by atoms with E-state index in [0.717, 1.165) is 16.9 Å². The van der Waals surface area contributed by atoms with Crippen molar-refractivity contribution in [3.05, 3.63) is 88.7 Å². The van der Waals surface area contributed by atoms with Crippen LogP contribution in [0.15, 0.2) is 65.8 Å². The number of hydrogen-bond donors (Lipinski definition) is 1. The minimum atomic E-state index is -0.238. The molecule has 0 radical (unpaired) electrons. The van der Waals surface area contributed by atoms with E-state index >= 15 is 0 Å². The second kappa shape index (κ2) is 9.19. The molecule has 4 aromatic rings. The SMILES string of the molecule is Cc1cccc(-n2nnnc2SCC(=O)c2cc(C)n(NC(=O)c3ccccc3)c2C)c1. The van der Waals surface area contributed by atoms with Crippen LogP contribution in [0.1, 0.15) is 37.7 Å². The second-order valence-corrected chi connectivity index (χ2v) is 8.29. The quantitative estimate of drug-likeness (QED) is 0.343. The van der Waals surface area contributed by atoms with Gasteiger partial charge in [0.2, 0.25) is 5.16 Å². The fourth-order valence-corrected chi connectivity index (χ4v) is 4.15. The van der Waals surface area contributed by atoms with E-state index in [1.54, 1.807) is 39.7 Å². The third-order valence-corrected chi connectivity index (χ3v) is 5.92. The van der Waals surface area contributed by atoms with E-state index in [4.69, 9.17) is 0 Å². The smallest absolute Gasteiger partial charge is 0.270 e. The Balaban J connectivity index is 1.48. The highest BCUT2D eigenvalue weighted by Crippen LogP contribution is 2.22. The number of nitrogens with zero attached hydrogens (tertiary/aromatic N) is 5. The number of benzene rings is 2. The molecular formula is C23H22N6O2S. The van der Waals surface area contributed by atoms with E-state index in [2.05, 4.69) is 21.0 Å². The van der Waals surface area contributed by atoms with Crippen LogP contribution >= 0.6 is 11.8 Å². The maximum absolute atomic E-state index is 13.0. The monoisotopic (exact) mass is 446 g/mol. The van der Waals surface area contributed by atoms with Gasteiger partial charge >= 0.3 is 0 Å². The summed E-state index contributed by atoms with van der Waals surface area (Å²) in [6, 6.07) is 18.6. The van der Waals surface area contributed by atoms with Gasteiger partial charge in [-0.2, -0.15) is 4.68 Å². The lowest BCUT2D eigenvalue weighted by atomic mass is 10.2. The summed E-state index contributed by atoms with van der Waals surface area (Å²) in [5.41, 5.74) is 7.34. The van der Waals surface area contributed by atoms with E-state index in [1.807, 2.05) is 51.1 Å². The lowest BCUT2D eigenvalue weighted by Gasteiger charge is -2.11. The van der Waals surface area contributed by atoms with Crippen LogP contribution in [0.5, 0.6) is 0 Å². The number of tetrazole rings is 1. The number of amides is 1. The van der Waals surface area contributed by atoms with Crippen molar-refractivity contribution in [2.75, 3.05) is 11.2 Å². The van der Waals surface area contributed by atoms with Crippen molar-refractivity contribution in [3.63, 3.8) is 0 Å². The standard InChI is InChI=1S/C23H22N6O2S/c1-15-8-7-11-19(12-15)29-23(24-26-27-29)32-14-21(30)20-13-16(2)28(17(20)3)25-22(31)18-9-5-4-6-10-18/h4-13H,14H2,1-3H3,(H,25,31). The lowest BCUT2D eigenvalue weighted by Crippen LogP contribution is -2.25. The molecule has 9 heteroatoms. The Bertz CT molecular complexity index is 1280. The Labute approximate surface area is 189 Å². The first-order valence-corrected chi connectivity index (χ1v) is 11.0. The fourth-order valence-electron chi connectivity index (χ4n) is 3.37. The minimum Gasteiger partial charge on any atom is -0.293 e. The minimum absolute atomic E-state index is 0.0675. The van der Waals surface area contributed by atoms with Crippen molar-refractivity contribution in [3.8, 4) is 5.69 Å². The Morgan fingerprint density at radius 3 is 2.53 bits per heavy atom. The van der Waals surface area contributed by atoms with E-state index in [1.165, 1.54) is 11.8 Å². The van der Waals surface area contributed by atoms with Gasteiger partial charge in [-0.3, -0.25) is 19.7 Å². The Kier molecular flexibility index (Phi) is 6.18. The van der Waals surface area contributed by atoms with Crippen molar-refractivity contribution >= 4 is 23.5 Å². The van der Waals surface area contributed by atoms with Gasteiger partial charge in [0.25, 0.3) is 5.91 Å². The summed E-state index contributed by atoms with van der Waals surface area (Å²) in [5, 5.41) is 12.4. The largest absolute Gasteiger partial charge is 0.293 e. The van der Waals surface area contributed by atoms with Crippen LogP contribution in [0, 0.1) is 20.8 Å². The van der Waals surface area contributed by atoms with E-state index in [9.17, 15) is 9.59 Å². The van der Waals surface area contributed by atoms with Crippen LogP contribution < -0.4 is 5.43 Å². The second-order valence-electron chi connectivity index (χ2n) is 7.35. The first kappa shape index (κ1) is 21.5. The number of carbonyl (C=O) groups excluding carboxylic acids is 2. The Morgan fingerprint density at radius 2 is 1.78 bits per heavy atom. The molecule has 0 bridgehead atoms. The molecule has 2 heterocycles. The van der Waals surface area contributed by atoms with E-state index < -0.39 is 0 Å². The Hall–Kier alpha value is -3.72. The number of aromatic nitrogens is 5. The van der Waals surface area contributed by atoms with Crippen LogP contribution in [-0.2, 0) is 0 Å². The zero-order valence-corrected chi connectivity index (χ0v) is 18.8. The molecule has 4 rings (SSSR count). The van der Waals surface area contributed by atoms with Crippen molar-refractivity contribution in [1.29, 1.82) is 0 Å². The Morgan fingerprint density at radius 1 is 1.00 bits per heavy atom. The molecule has 0 fully saturated rings. The lowest BCUT2D eigenvalue weighted by molar-refractivity contribution is 0.0999. The average Bonchev–Trinajstić information content (AvgIpc) is 3.38. The zero-order valence-electron chi connectivity index (χ0n) is 17.9. The third kappa shape index (κ3) is 4.47. The molecular weight excluding hydrogens is 424 g/mol. The van der Waals surface area contributed by atoms with Crippen LogP contribution in [0.2, 0.25) is 0 Å². The number of Topliss-reactive ketones (excluding diaryl/α,β-unsaturated/α-hetero) is 1. The molecule has 0 spiro atoms. The number of thioether (sulfide) groups is 1. The van der Waals surface area contributed by atoms with Gasteiger partial charge in [-0.15, -0.1) is 5.10 Å². The van der Waals surface area contributed by atoms with Gasteiger partial charge in [0, 0.05) is 22.5 Å². The average molecular weight is 447 g/mol. The highest BCUT2D eigenvalue weighted by Gasteiger charge is 2.19. The number of aryl methyl sites for hydroxylation is 2. The first-order chi connectivity index (χ1) is 15.4. The van der Waals surface area contributed by atoms with E-state index in [0.29, 0.717) is 22.0 Å². The van der Waals surface area contributed by atoms with Crippen LogP contribution in [0.4, 0.5) is 0 Å². The van der Waals surface area contributed by atoms with Gasteiger partial charge in [0.05, 0.1) is 11.4 Å². The van der Waals surface area contributed by atoms with Gasteiger partial charge in [0.1, 0.15) is 0 Å². The molecule has 0 atom stereocenters.